The van der Waals surface area contributed by atoms with E-state index in [1.54, 1.807) is 10.9 Å². The molecule has 0 bridgehead atoms. The Hall–Kier alpha value is -2.40. The van der Waals surface area contributed by atoms with E-state index in [9.17, 15) is 4.79 Å². The van der Waals surface area contributed by atoms with Crippen molar-refractivity contribution in [1.29, 1.82) is 0 Å². The molecule has 5 heteroatoms. The molecule has 0 atom stereocenters. The third-order valence-electron chi connectivity index (χ3n) is 3.12. The molecule has 0 radical (unpaired) electrons. The zero-order valence-electron chi connectivity index (χ0n) is 11.0. The lowest BCUT2D eigenvalue weighted by Crippen LogP contribution is -2.11. The highest BCUT2D eigenvalue weighted by molar-refractivity contribution is 9.10. The van der Waals surface area contributed by atoms with E-state index in [-0.39, 0.29) is 0 Å². The molecule has 0 fully saturated rings. The number of carbonyl (C=O) groups is 1. The predicted octanol–water partition coefficient (Wildman–Crippen LogP) is 3.40. The summed E-state index contributed by atoms with van der Waals surface area (Å²) in [6, 6.07) is 17.2. The van der Waals surface area contributed by atoms with Gasteiger partial charge in [-0.2, -0.15) is 5.10 Å². The number of hydrogen-bond acceptors (Lipinski definition) is 2. The van der Waals surface area contributed by atoms with Crippen molar-refractivity contribution in [1.82, 2.24) is 9.78 Å². The summed E-state index contributed by atoms with van der Waals surface area (Å²) < 4.78 is 2.63. The van der Waals surface area contributed by atoms with E-state index in [1.165, 1.54) is 0 Å². The highest BCUT2D eigenvalue weighted by Crippen LogP contribution is 2.25. The third-order valence-corrected chi connectivity index (χ3v) is 3.65. The first-order valence-electron chi connectivity index (χ1n) is 6.36. The molecule has 3 aromatic rings. The van der Waals surface area contributed by atoms with Crippen LogP contribution >= 0.6 is 15.9 Å². The van der Waals surface area contributed by atoms with E-state index in [4.69, 9.17) is 5.73 Å². The fourth-order valence-corrected chi connectivity index (χ4v) is 2.35. The second-order valence-corrected chi connectivity index (χ2v) is 5.46. The van der Waals surface area contributed by atoms with Crippen LogP contribution in [0.15, 0.2) is 65.3 Å². The van der Waals surface area contributed by atoms with Crippen molar-refractivity contribution >= 4 is 21.8 Å². The van der Waals surface area contributed by atoms with Crippen molar-refractivity contribution in [2.45, 2.75) is 0 Å². The molecule has 3 rings (SSSR count). The normalized spacial score (nSPS) is 10.5. The molecule has 21 heavy (non-hydrogen) atoms. The van der Waals surface area contributed by atoms with Crippen molar-refractivity contribution in [3.63, 3.8) is 0 Å². The first kappa shape index (κ1) is 13.6. The first-order valence-corrected chi connectivity index (χ1v) is 7.15. The number of primary amides is 1. The molecule has 0 spiro atoms. The summed E-state index contributed by atoms with van der Waals surface area (Å²) in [7, 11) is 0. The molecule has 1 amide bonds. The van der Waals surface area contributed by atoms with Crippen LogP contribution in [-0.4, -0.2) is 15.7 Å². The molecule has 0 aliphatic rings. The molecular weight excluding hydrogens is 330 g/mol. The van der Waals surface area contributed by atoms with Gasteiger partial charge in [0.05, 0.1) is 11.3 Å². The van der Waals surface area contributed by atoms with Crippen LogP contribution in [-0.2, 0) is 0 Å². The highest BCUT2D eigenvalue weighted by atomic mass is 79.9. The van der Waals surface area contributed by atoms with Crippen LogP contribution in [0.1, 0.15) is 10.4 Å². The molecule has 1 aromatic heterocycles. The van der Waals surface area contributed by atoms with Crippen molar-refractivity contribution in [2.24, 2.45) is 5.73 Å². The summed E-state index contributed by atoms with van der Waals surface area (Å²) in [5, 5.41) is 4.50. The molecular formula is C16H12BrN3O. The lowest BCUT2D eigenvalue weighted by Gasteiger charge is -2.00. The molecule has 104 valence electrons. The Morgan fingerprint density at radius 2 is 1.71 bits per heavy atom. The molecule has 0 saturated heterocycles. The average Bonchev–Trinajstić information content (AvgIpc) is 2.94. The molecule has 0 unspecified atom stereocenters. The zero-order valence-corrected chi connectivity index (χ0v) is 12.6. The fourth-order valence-electron chi connectivity index (χ4n) is 2.09. The molecule has 1 heterocycles. The summed E-state index contributed by atoms with van der Waals surface area (Å²) in [4.78, 5) is 11.7. The number of amides is 1. The zero-order chi connectivity index (χ0) is 14.8. The number of hydrogen-bond donors (Lipinski definition) is 1. The van der Waals surface area contributed by atoms with Crippen LogP contribution in [0.25, 0.3) is 16.9 Å². The molecule has 0 aliphatic carbocycles. The summed E-state index contributed by atoms with van der Waals surface area (Å²) in [6.45, 7) is 0. The second kappa shape index (κ2) is 5.54. The van der Waals surface area contributed by atoms with Gasteiger partial charge in [-0.25, -0.2) is 4.68 Å². The Labute approximate surface area is 130 Å². The number of aromatic nitrogens is 2. The lowest BCUT2D eigenvalue weighted by molar-refractivity contribution is 0.100. The summed E-state index contributed by atoms with van der Waals surface area (Å²) >= 11 is 3.39. The number of benzene rings is 2. The van der Waals surface area contributed by atoms with Gasteiger partial charge in [0.2, 0.25) is 0 Å². The summed E-state index contributed by atoms with van der Waals surface area (Å²) in [5.74, 6) is -0.491. The van der Waals surface area contributed by atoms with Gasteiger partial charge >= 0.3 is 0 Å². The van der Waals surface area contributed by atoms with Gasteiger partial charge < -0.3 is 5.73 Å². The highest BCUT2D eigenvalue weighted by Gasteiger charge is 2.16. The number of para-hydroxylation sites is 1. The third kappa shape index (κ3) is 2.73. The molecule has 0 saturated carbocycles. The number of rotatable bonds is 3. The fraction of sp³-hybridized carbons (Fsp3) is 0. The van der Waals surface area contributed by atoms with Crippen LogP contribution in [0, 0.1) is 0 Å². The van der Waals surface area contributed by atoms with Crippen LogP contribution < -0.4 is 5.73 Å². The van der Waals surface area contributed by atoms with Crippen LogP contribution in [0.2, 0.25) is 0 Å². The minimum absolute atomic E-state index is 0.404. The van der Waals surface area contributed by atoms with Gasteiger partial charge in [0.15, 0.2) is 0 Å². The van der Waals surface area contributed by atoms with E-state index >= 15 is 0 Å². The Morgan fingerprint density at radius 1 is 1.05 bits per heavy atom. The van der Waals surface area contributed by atoms with E-state index < -0.39 is 5.91 Å². The Kier molecular flexibility index (Phi) is 3.58. The van der Waals surface area contributed by atoms with Crippen LogP contribution in [0.4, 0.5) is 0 Å². The molecule has 2 aromatic carbocycles. The number of nitrogens with zero attached hydrogens (tertiary/aromatic N) is 2. The quantitative estimate of drug-likeness (QED) is 0.793. The van der Waals surface area contributed by atoms with Crippen LogP contribution in [0.3, 0.4) is 0 Å². The second-order valence-electron chi connectivity index (χ2n) is 4.54. The molecule has 0 aliphatic heterocycles. The van der Waals surface area contributed by atoms with Crippen molar-refractivity contribution < 1.29 is 4.79 Å². The van der Waals surface area contributed by atoms with Gasteiger partial charge in [-0.1, -0.05) is 46.3 Å². The predicted molar refractivity (Wildman–Crippen MR) is 85.2 cm³/mol. The van der Waals surface area contributed by atoms with E-state index in [0.29, 0.717) is 11.3 Å². The minimum atomic E-state index is -0.491. The number of carbonyl (C=O) groups excluding carboxylic acids is 1. The van der Waals surface area contributed by atoms with Gasteiger partial charge in [0, 0.05) is 16.2 Å². The maximum atomic E-state index is 11.7. The topological polar surface area (TPSA) is 60.9 Å². The van der Waals surface area contributed by atoms with Crippen molar-refractivity contribution in [2.75, 3.05) is 0 Å². The smallest absolute Gasteiger partial charge is 0.252 e. The van der Waals surface area contributed by atoms with Gasteiger partial charge in [-0.3, -0.25) is 4.79 Å². The average molecular weight is 342 g/mol. The van der Waals surface area contributed by atoms with Gasteiger partial charge in [-0.05, 0) is 24.3 Å². The molecule has 2 N–H and O–H groups in total. The van der Waals surface area contributed by atoms with Crippen molar-refractivity contribution in [3.05, 3.63) is 70.8 Å². The first-order chi connectivity index (χ1) is 10.1. The standard InChI is InChI=1S/C16H12BrN3O/c17-12-8-6-11(7-9-12)15-14(16(18)21)10-20(19-15)13-4-2-1-3-5-13/h1-10H,(H2,18,21). The van der Waals surface area contributed by atoms with Crippen molar-refractivity contribution in [3.8, 4) is 16.9 Å². The Bertz CT molecular complexity index is 779. The SMILES string of the molecule is NC(=O)c1cn(-c2ccccc2)nc1-c1ccc(Br)cc1. The molecule has 4 nitrogen and oxygen atoms in total. The van der Waals surface area contributed by atoms with E-state index in [0.717, 1.165) is 15.7 Å². The lowest BCUT2D eigenvalue weighted by atomic mass is 10.1. The largest absolute Gasteiger partial charge is 0.365 e. The summed E-state index contributed by atoms with van der Waals surface area (Å²) in [6.07, 6.45) is 1.66. The number of halogens is 1. The maximum Gasteiger partial charge on any atom is 0.252 e. The summed E-state index contributed by atoms with van der Waals surface area (Å²) in [5.41, 5.74) is 8.18. The Morgan fingerprint density at radius 3 is 2.33 bits per heavy atom. The number of nitrogens with two attached hydrogens (primary N) is 1. The van der Waals surface area contributed by atoms with Gasteiger partial charge in [0.25, 0.3) is 5.91 Å². The van der Waals surface area contributed by atoms with E-state index in [1.807, 2.05) is 54.6 Å². The van der Waals surface area contributed by atoms with E-state index in [2.05, 4.69) is 21.0 Å². The van der Waals surface area contributed by atoms with Crippen LogP contribution in [0.5, 0.6) is 0 Å². The van der Waals surface area contributed by atoms with Gasteiger partial charge in [-0.15, -0.1) is 0 Å². The maximum absolute atomic E-state index is 11.7. The monoisotopic (exact) mass is 341 g/mol. The van der Waals surface area contributed by atoms with Gasteiger partial charge in [0.1, 0.15) is 5.69 Å². The Balaban J connectivity index is 2.14. The minimum Gasteiger partial charge on any atom is -0.365 e.